The molecule has 2 atom stereocenters. The summed E-state index contributed by atoms with van der Waals surface area (Å²) in [5.74, 6) is 1.46. The molecular formula is C22H36N4O2. The fourth-order valence-electron chi connectivity index (χ4n) is 3.83. The standard InChI is InChI=1S/C22H36N4O2/c1-18(26-11-8-20-6-3-4-7-21(20)15-26)14-25-22(23-2)24-10-5-12-27-16-19-9-13-28-17-19/h3-4,6-7,18-19H,5,8-17H2,1-2H3,(H2,23,24,25). The highest BCUT2D eigenvalue weighted by atomic mass is 16.5. The maximum Gasteiger partial charge on any atom is 0.191 e. The number of hydrogen-bond donors (Lipinski definition) is 2. The van der Waals surface area contributed by atoms with E-state index >= 15 is 0 Å². The predicted octanol–water partition coefficient (Wildman–Crippen LogP) is 2.04. The maximum atomic E-state index is 5.75. The largest absolute Gasteiger partial charge is 0.381 e. The van der Waals surface area contributed by atoms with Crippen LogP contribution in [0.5, 0.6) is 0 Å². The smallest absolute Gasteiger partial charge is 0.191 e. The van der Waals surface area contributed by atoms with Gasteiger partial charge in [-0.3, -0.25) is 9.89 Å². The number of hydrogen-bond acceptors (Lipinski definition) is 4. The van der Waals surface area contributed by atoms with Gasteiger partial charge in [0.1, 0.15) is 0 Å². The van der Waals surface area contributed by atoms with Gasteiger partial charge in [-0.05, 0) is 37.3 Å². The molecule has 1 fully saturated rings. The van der Waals surface area contributed by atoms with Crippen LogP contribution >= 0.6 is 0 Å². The molecule has 2 heterocycles. The van der Waals surface area contributed by atoms with E-state index in [1.165, 1.54) is 11.1 Å². The Morgan fingerprint density at radius 3 is 2.96 bits per heavy atom. The number of nitrogens with zero attached hydrogens (tertiary/aromatic N) is 2. The summed E-state index contributed by atoms with van der Waals surface area (Å²) >= 11 is 0. The lowest BCUT2D eigenvalue weighted by molar-refractivity contribution is 0.0888. The van der Waals surface area contributed by atoms with Gasteiger partial charge in [0.15, 0.2) is 5.96 Å². The topological polar surface area (TPSA) is 58.1 Å². The van der Waals surface area contributed by atoms with E-state index in [4.69, 9.17) is 9.47 Å². The Labute approximate surface area is 169 Å². The Hall–Kier alpha value is -1.63. The summed E-state index contributed by atoms with van der Waals surface area (Å²) in [5.41, 5.74) is 2.96. The molecule has 0 spiro atoms. The molecule has 3 rings (SSSR count). The molecule has 0 aromatic heterocycles. The monoisotopic (exact) mass is 388 g/mol. The summed E-state index contributed by atoms with van der Waals surface area (Å²) in [5, 5.41) is 6.85. The first-order valence-corrected chi connectivity index (χ1v) is 10.7. The normalized spacial score (nSPS) is 21.4. The van der Waals surface area contributed by atoms with Crippen LogP contribution in [0.15, 0.2) is 29.3 Å². The zero-order valence-corrected chi connectivity index (χ0v) is 17.5. The van der Waals surface area contributed by atoms with Crippen LogP contribution in [0, 0.1) is 5.92 Å². The molecule has 1 aromatic carbocycles. The number of aliphatic imine (C=N–C) groups is 1. The van der Waals surface area contributed by atoms with E-state index in [9.17, 15) is 0 Å². The Morgan fingerprint density at radius 2 is 2.18 bits per heavy atom. The first-order valence-electron chi connectivity index (χ1n) is 10.7. The second kappa shape index (κ2) is 11.4. The van der Waals surface area contributed by atoms with Gasteiger partial charge in [-0.15, -0.1) is 0 Å². The van der Waals surface area contributed by atoms with Crippen LogP contribution in [0.2, 0.25) is 0 Å². The Morgan fingerprint density at radius 1 is 1.32 bits per heavy atom. The lowest BCUT2D eigenvalue weighted by Crippen LogP contribution is -2.47. The van der Waals surface area contributed by atoms with Crippen molar-refractivity contribution in [2.75, 3.05) is 53.1 Å². The van der Waals surface area contributed by atoms with Crippen LogP contribution in [-0.4, -0.2) is 70.0 Å². The average Bonchev–Trinajstić information content (AvgIpc) is 3.25. The van der Waals surface area contributed by atoms with Crippen molar-refractivity contribution in [3.63, 3.8) is 0 Å². The summed E-state index contributed by atoms with van der Waals surface area (Å²) in [7, 11) is 1.83. The van der Waals surface area contributed by atoms with Crippen molar-refractivity contribution in [3.8, 4) is 0 Å². The van der Waals surface area contributed by atoms with Crippen molar-refractivity contribution < 1.29 is 9.47 Å². The molecule has 2 unspecified atom stereocenters. The Kier molecular flexibility index (Phi) is 8.58. The molecule has 1 saturated heterocycles. The minimum absolute atomic E-state index is 0.462. The van der Waals surface area contributed by atoms with E-state index < -0.39 is 0 Å². The van der Waals surface area contributed by atoms with Gasteiger partial charge in [0, 0.05) is 58.4 Å². The van der Waals surface area contributed by atoms with Crippen molar-refractivity contribution in [1.29, 1.82) is 0 Å². The fraction of sp³-hybridized carbons (Fsp3) is 0.682. The van der Waals surface area contributed by atoms with Crippen molar-refractivity contribution in [2.45, 2.75) is 38.8 Å². The van der Waals surface area contributed by atoms with Crippen LogP contribution in [0.3, 0.4) is 0 Å². The number of rotatable bonds is 9. The van der Waals surface area contributed by atoms with Crippen LogP contribution in [-0.2, 0) is 22.4 Å². The minimum atomic E-state index is 0.462. The van der Waals surface area contributed by atoms with Gasteiger partial charge in [-0.25, -0.2) is 0 Å². The molecule has 2 aliphatic heterocycles. The van der Waals surface area contributed by atoms with Crippen LogP contribution < -0.4 is 10.6 Å². The van der Waals surface area contributed by atoms with Gasteiger partial charge in [-0.1, -0.05) is 24.3 Å². The van der Waals surface area contributed by atoms with Crippen LogP contribution in [0.25, 0.3) is 0 Å². The molecule has 156 valence electrons. The molecule has 0 bridgehead atoms. The van der Waals surface area contributed by atoms with E-state index in [1.807, 2.05) is 7.05 Å². The van der Waals surface area contributed by atoms with Gasteiger partial charge in [0.25, 0.3) is 0 Å². The molecule has 6 nitrogen and oxygen atoms in total. The van der Waals surface area contributed by atoms with Crippen molar-refractivity contribution in [1.82, 2.24) is 15.5 Å². The molecular weight excluding hydrogens is 352 g/mol. The fourth-order valence-corrected chi connectivity index (χ4v) is 3.83. The van der Waals surface area contributed by atoms with Gasteiger partial charge >= 0.3 is 0 Å². The zero-order valence-electron chi connectivity index (χ0n) is 17.5. The van der Waals surface area contributed by atoms with Gasteiger partial charge in [-0.2, -0.15) is 0 Å². The third-order valence-corrected chi connectivity index (χ3v) is 5.71. The van der Waals surface area contributed by atoms with E-state index in [0.717, 1.165) is 77.8 Å². The number of fused-ring (bicyclic) bond motifs is 1. The summed E-state index contributed by atoms with van der Waals surface area (Å²) in [6, 6.07) is 9.26. The lowest BCUT2D eigenvalue weighted by Gasteiger charge is -2.34. The number of guanidine groups is 1. The molecule has 2 aliphatic rings. The van der Waals surface area contributed by atoms with Gasteiger partial charge in [0.05, 0.1) is 13.2 Å². The van der Waals surface area contributed by atoms with Gasteiger partial charge in [0.2, 0.25) is 0 Å². The van der Waals surface area contributed by atoms with Crippen molar-refractivity contribution >= 4 is 5.96 Å². The molecule has 28 heavy (non-hydrogen) atoms. The molecule has 0 aliphatic carbocycles. The molecule has 2 N–H and O–H groups in total. The second-order valence-corrected chi connectivity index (χ2v) is 7.88. The number of benzene rings is 1. The van der Waals surface area contributed by atoms with Gasteiger partial charge < -0.3 is 20.1 Å². The first-order chi connectivity index (χ1) is 13.8. The molecule has 0 radical (unpaired) electrons. The molecule has 1 aromatic rings. The number of ether oxygens (including phenoxy) is 2. The summed E-state index contributed by atoms with van der Waals surface area (Å²) in [6.07, 6.45) is 3.25. The number of nitrogens with one attached hydrogen (secondary N) is 2. The summed E-state index contributed by atoms with van der Waals surface area (Å²) < 4.78 is 11.1. The SMILES string of the molecule is CN=C(NCCCOCC1CCOC1)NCC(C)N1CCc2ccccc2C1. The van der Waals surface area contributed by atoms with E-state index in [0.29, 0.717) is 12.0 Å². The quantitative estimate of drug-likeness (QED) is 0.385. The first kappa shape index (κ1) is 21.1. The highest BCUT2D eigenvalue weighted by molar-refractivity contribution is 5.79. The van der Waals surface area contributed by atoms with E-state index in [1.54, 1.807) is 0 Å². The zero-order chi connectivity index (χ0) is 19.6. The lowest BCUT2D eigenvalue weighted by atomic mass is 9.99. The molecule has 6 heteroatoms. The van der Waals surface area contributed by atoms with Crippen molar-refractivity contribution in [2.24, 2.45) is 10.9 Å². The third kappa shape index (κ3) is 6.47. The van der Waals surface area contributed by atoms with E-state index in [2.05, 4.69) is 51.7 Å². The highest BCUT2D eigenvalue weighted by Gasteiger charge is 2.20. The Bertz CT molecular complexity index is 616. The highest BCUT2D eigenvalue weighted by Crippen LogP contribution is 2.19. The summed E-state index contributed by atoms with van der Waals surface area (Å²) in [6.45, 7) is 9.55. The third-order valence-electron chi connectivity index (χ3n) is 5.71. The van der Waals surface area contributed by atoms with Crippen molar-refractivity contribution in [3.05, 3.63) is 35.4 Å². The molecule has 0 saturated carbocycles. The van der Waals surface area contributed by atoms with Crippen LogP contribution in [0.1, 0.15) is 30.9 Å². The minimum Gasteiger partial charge on any atom is -0.381 e. The summed E-state index contributed by atoms with van der Waals surface area (Å²) in [4.78, 5) is 6.89. The second-order valence-electron chi connectivity index (χ2n) is 7.88. The maximum absolute atomic E-state index is 5.75. The Balaban J connectivity index is 1.28. The average molecular weight is 389 g/mol. The predicted molar refractivity (Wildman–Crippen MR) is 114 cm³/mol. The molecule has 0 amide bonds. The van der Waals surface area contributed by atoms with Crippen LogP contribution in [0.4, 0.5) is 0 Å². The van der Waals surface area contributed by atoms with E-state index in [-0.39, 0.29) is 0 Å².